The summed E-state index contributed by atoms with van der Waals surface area (Å²) in [7, 11) is 0. The van der Waals surface area contributed by atoms with E-state index in [0.717, 1.165) is 60.7 Å². The van der Waals surface area contributed by atoms with Crippen LogP contribution in [0.5, 0.6) is 0 Å². The molecule has 1 aliphatic heterocycles. The third-order valence-corrected chi connectivity index (χ3v) is 7.59. The smallest absolute Gasteiger partial charge is 0.273 e. The lowest BCUT2D eigenvalue weighted by Crippen LogP contribution is -2.41. The standard InChI is InChI=1S/C24H28N6O3S/c1-14-4-3-5-15(2)19(14)27-18(31)12-30-13-25-21-20(23(30)33)34-24(28-21)29-10-8-16(9-11-29)22(32)26-17-6-7-17/h3-5,13,16-17H,6-12H2,1-2H3,(H,26,32)(H,27,31). The maximum absolute atomic E-state index is 13.0. The van der Waals surface area contributed by atoms with E-state index in [1.807, 2.05) is 32.0 Å². The molecular weight excluding hydrogens is 452 g/mol. The summed E-state index contributed by atoms with van der Waals surface area (Å²) < 4.78 is 1.76. The van der Waals surface area contributed by atoms with Gasteiger partial charge in [-0.2, -0.15) is 4.98 Å². The van der Waals surface area contributed by atoms with Crippen molar-refractivity contribution < 1.29 is 9.59 Å². The summed E-state index contributed by atoms with van der Waals surface area (Å²) in [6.45, 7) is 5.18. The quantitative estimate of drug-likeness (QED) is 0.561. The number of amides is 2. The lowest BCUT2D eigenvalue weighted by molar-refractivity contribution is -0.125. The summed E-state index contributed by atoms with van der Waals surface area (Å²) in [5.74, 6) is -0.0795. The molecule has 1 aromatic carbocycles. The van der Waals surface area contributed by atoms with Gasteiger partial charge in [-0.05, 0) is 50.7 Å². The highest BCUT2D eigenvalue weighted by Crippen LogP contribution is 2.30. The number of rotatable bonds is 6. The van der Waals surface area contributed by atoms with E-state index in [4.69, 9.17) is 0 Å². The SMILES string of the molecule is Cc1cccc(C)c1NC(=O)Cn1cnc2nc(N3CCC(C(=O)NC4CC4)CC3)sc2c1=O. The van der Waals surface area contributed by atoms with Crippen molar-refractivity contribution in [1.82, 2.24) is 19.9 Å². The predicted octanol–water partition coefficient (Wildman–Crippen LogP) is 2.60. The van der Waals surface area contributed by atoms with E-state index in [9.17, 15) is 14.4 Å². The fourth-order valence-electron chi connectivity index (χ4n) is 4.31. The molecule has 3 heterocycles. The Morgan fingerprint density at radius 1 is 1.12 bits per heavy atom. The van der Waals surface area contributed by atoms with Crippen LogP contribution in [0.4, 0.5) is 10.8 Å². The minimum Gasteiger partial charge on any atom is -0.353 e. The molecule has 1 saturated heterocycles. The summed E-state index contributed by atoms with van der Waals surface area (Å²) in [6.07, 6.45) is 5.10. The minimum atomic E-state index is -0.281. The van der Waals surface area contributed by atoms with Gasteiger partial charge in [-0.3, -0.25) is 19.0 Å². The molecule has 34 heavy (non-hydrogen) atoms. The molecule has 2 N–H and O–H groups in total. The number of benzene rings is 1. The number of anilines is 2. The Kier molecular flexibility index (Phi) is 6.07. The van der Waals surface area contributed by atoms with Crippen LogP contribution < -0.4 is 21.1 Å². The normalized spacial score (nSPS) is 16.6. The van der Waals surface area contributed by atoms with Crippen LogP contribution >= 0.6 is 11.3 Å². The first-order valence-electron chi connectivity index (χ1n) is 11.7. The summed E-state index contributed by atoms with van der Waals surface area (Å²) in [4.78, 5) is 49.0. The first-order chi connectivity index (χ1) is 16.4. The number of nitrogens with one attached hydrogen (secondary N) is 2. The highest BCUT2D eigenvalue weighted by atomic mass is 32.1. The van der Waals surface area contributed by atoms with Crippen molar-refractivity contribution in [2.24, 2.45) is 5.92 Å². The maximum Gasteiger partial charge on any atom is 0.273 e. The molecule has 0 atom stereocenters. The van der Waals surface area contributed by atoms with E-state index in [-0.39, 0.29) is 29.8 Å². The van der Waals surface area contributed by atoms with Gasteiger partial charge in [-0.25, -0.2) is 4.98 Å². The Balaban J connectivity index is 1.26. The Bertz CT molecular complexity index is 1280. The first-order valence-corrected chi connectivity index (χ1v) is 12.5. The van der Waals surface area contributed by atoms with Gasteiger partial charge >= 0.3 is 0 Å². The number of aryl methyl sites for hydroxylation is 2. The van der Waals surface area contributed by atoms with Crippen molar-refractivity contribution in [1.29, 1.82) is 0 Å². The minimum absolute atomic E-state index is 0.0389. The molecule has 2 aromatic heterocycles. The van der Waals surface area contributed by atoms with Gasteiger partial charge in [0.1, 0.15) is 17.6 Å². The van der Waals surface area contributed by atoms with Crippen LogP contribution in [0.15, 0.2) is 29.3 Å². The average Bonchev–Trinajstić information content (AvgIpc) is 3.53. The molecule has 5 rings (SSSR count). The molecule has 1 saturated carbocycles. The summed E-state index contributed by atoms with van der Waals surface area (Å²) in [5.41, 5.74) is 2.82. The molecule has 3 aromatic rings. The number of carbonyl (C=O) groups excluding carboxylic acids is 2. The Morgan fingerprint density at radius 2 is 1.82 bits per heavy atom. The summed E-state index contributed by atoms with van der Waals surface area (Å²) >= 11 is 1.30. The van der Waals surface area contributed by atoms with Crippen LogP contribution in [-0.4, -0.2) is 45.5 Å². The fourth-order valence-corrected chi connectivity index (χ4v) is 5.33. The Hall–Kier alpha value is -3.27. The topological polar surface area (TPSA) is 109 Å². The van der Waals surface area contributed by atoms with Gasteiger partial charge in [-0.15, -0.1) is 0 Å². The number of para-hydroxylation sites is 1. The Morgan fingerprint density at radius 3 is 2.50 bits per heavy atom. The van der Waals surface area contributed by atoms with Gasteiger partial charge in [0.05, 0.1) is 0 Å². The third-order valence-electron chi connectivity index (χ3n) is 6.49. The fraction of sp³-hybridized carbons (Fsp3) is 0.458. The zero-order valence-corrected chi connectivity index (χ0v) is 20.2. The van der Waals surface area contributed by atoms with Crippen molar-refractivity contribution in [3.63, 3.8) is 0 Å². The number of aromatic nitrogens is 3. The average molecular weight is 481 g/mol. The van der Waals surface area contributed by atoms with Gasteiger partial charge < -0.3 is 15.5 Å². The molecule has 1 aliphatic carbocycles. The van der Waals surface area contributed by atoms with Crippen LogP contribution in [0, 0.1) is 19.8 Å². The van der Waals surface area contributed by atoms with Crippen molar-refractivity contribution in [3.05, 3.63) is 46.0 Å². The number of thiazole rings is 1. The van der Waals surface area contributed by atoms with E-state index in [2.05, 4.69) is 25.5 Å². The number of nitrogens with zero attached hydrogens (tertiary/aromatic N) is 4. The van der Waals surface area contributed by atoms with Gasteiger partial charge in [0.15, 0.2) is 10.8 Å². The Labute approximate surface area is 201 Å². The molecule has 2 aliphatic rings. The highest BCUT2D eigenvalue weighted by molar-refractivity contribution is 7.22. The van der Waals surface area contributed by atoms with Gasteiger partial charge in [0, 0.05) is 30.7 Å². The second-order valence-electron chi connectivity index (χ2n) is 9.19. The second kappa shape index (κ2) is 9.17. The number of hydrogen-bond donors (Lipinski definition) is 2. The van der Waals surface area contributed by atoms with Crippen molar-refractivity contribution in [2.75, 3.05) is 23.3 Å². The number of piperidine rings is 1. The molecule has 2 fully saturated rings. The largest absolute Gasteiger partial charge is 0.353 e. The van der Waals surface area contributed by atoms with E-state index in [1.165, 1.54) is 22.2 Å². The lowest BCUT2D eigenvalue weighted by atomic mass is 9.96. The molecule has 9 nitrogen and oxygen atoms in total. The van der Waals surface area contributed by atoms with Crippen molar-refractivity contribution in [2.45, 2.75) is 52.1 Å². The van der Waals surface area contributed by atoms with Crippen molar-refractivity contribution in [3.8, 4) is 0 Å². The zero-order chi connectivity index (χ0) is 23.8. The molecule has 0 spiro atoms. The maximum atomic E-state index is 13.0. The molecule has 178 valence electrons. The summed E-state index contributed by atoms with van der Waals surface area (Å²) in [6, 6.07) is 6.19. The van der Waals surface area contributed by atoms with Gasteiger partial charge in [0.25, 0.3) is 5.56 Å². The van der Waals surface area contributed by atoms with Crippen LogP contribution in [0.25, 0.3) is 10.3 Å². The van der Waals surface area contributed by atoms with E-state index in [0.29, 0.717) is 16.4 Å². The highest BCUT2D eigenvalue weighted by Gasteiger charge is 2.30. The molecular formula is C24H28N6O3S. The van der Waals surface area contributed by atoms with Crippen LogP contribution in [-0.2, 0) is 16.1 Å². The first kappa shape index (κ1) is 22.5. The molecule has 0 unspecified atom stereocenters. The molecule has 0 radical (unpaired) electrons. The molecule has 0 bridgehead atoms. The number of carbonyl (C=O) groups is 2. The monoisotopic (exact) mass is 480 g/mol. The second-order valence-corrected chi connectivity index (χ2v) is 10.2. The van der Waals surface area contributed by atoms with Crippen molar-refractivity contribution >= 4 is 44.3 Å². The molecule has 10 heteroatoms. The third kappa shape index (κ3) is 4.68. The number of hydrogen-bond acceptors (Lipinski definition) is 7. The predicted molar refractivity (Wildman–Crippen MR) is 132 cm³/mol. The summed E-state index contributed by atoms with van der Waals surface area (Å²) in [5, 5.41) is 6.74. The molecule has 2 amide bonds. The van der Waals surface area contributed by atoms with Crippen LogP contribution in [0.3, 0.4) is 0 Å². The zero-order valence-electron chi connectivity index (χ0n) is 19.3. The van der Waals surface area contributed by atoms with E-state index >= 15 is 0 Å². The van der Waals surface area contributed by atoms with Crippen LogP contribution in [0.2, 0.25) is 0 Å². The van der Waals surface area contributed by atoms with Crippen LogP contribution in [0.1, 0.15) is 36.8 Å². The lowest BCUT2D eigenvalue weighted by Gasteiger charge is -2.30. The van der Waals surface area contributed by atoms with Gasteiger partial charge in [-0.1, -0.05) is 29.5 Å². The number of fused-ring (bicyclic) bond motifs is 1. The van der Waals surface area contributed by atoms with Gasteiger partial charge in [0.2, 0.25) is 11.8 Å². The van der Waals surface area contributed by atoms with E-state index in [1.54, 1.807) is 0 Å². The van der Waals surface area contributed by atoms with E-state index < -0.39 is 0 Å².